The molecule has 0 saturated heterocycles. The van der Waals surface area contributed by atoms with E-state index in [1.807, 2.05) is 91.0 Å². The van der Waals surface area contributed by atoms with Crippen molar-refractivity contribution in [3.05, 3.63) is 290 Å². The monoisotopic (exact) mass is 956 g/mol. The Bertz CT molecular complexity index is 2430. The van der Waals surface area contributed by atoms with Crippen LogP contribution < -0.4 is 31.8 Å². The van der Waals surface area contributed by atoms with Gasteiger partial charge in [-0.25, -0.2) is 0 Å². The summed E-state index contributed by atoms with van der Waals surface area (Å²) < 4.78 is 0. The van der Waals surface area contributed by atoms with Crippen LogP contribution in [0.3, 0.4) is 0 Å². The molecule has 0 N–H and O–H groups in total. The molecule has 9 aromatic rings. The molecule has 0 atom stereocenters. The summed E-state index contributed by atoms with van der Waals surface area (Å²) in [5, 5.41) is 7.76. The molecule has 0 aromatic heterocycles. The third-order valence-corrected chi connectivity index (χ3v) is 15.2. The van der Waals surface area contributed by atoms with Gasteiger partial charge in [-0.05, 0) is 68.2 Å². The first-order valence-electron chi connectivity index (χ1n) is 20.8. The summed E-state index contributed by atoms with van der Waals surface area (Å²) in [6, 6.07) is 93.8. The van der Waals surface area contributed by atoms with E-state index in [4.69, 9.17) is 0 Å². The van der Waals surface area contributed by atoms with Gasteiger partial charge >= 0.3 is 25.2 Å². The Hall–Kier alpha value is -6.24. The Balaban J connectivity index is 0.000000158. The zero-order valence-corrected chi connectivity index (χ0v) is 39.9. The quantitative estimate of drug-likeness (QED) is 0.0885. The summed E-state index contributed by atoms with van der Waals surface area (Å²) in [6.45, 7) is 0. The van der Waals surface area contributed by atoms with E-state index in [9.17, 15) is 0 Å². The minimum absolute atomic E-state index is 0.636. The molecule has 9 rings (SSSR count). The molecule has 0 fully saturated rings. The summed E-state index contributed by atoms with van der Waals surface area (Å²) in [5.74, 6) is 9.96. The number of benzene rings is 9. The van der Waals surface area contributed by atoms with Crippen molar-refractivity contribution in [3.63, 3.8) is 0 Å². The number of halogens is 1. The van der Waals surface area contributed by atoms with Crippen molar-refractivity contribution in [3.8, 4) is 34.7 Å². The van der Waals surface area contributed by atoms with Crippen molar-refractivity contribution in [1.29, 1.82) is 0 Å². The molecule has 5 heteroatoms. The molecule has 0 radical (unpaired) electrons. The second kappa shape index (κ2) is 28.5. The van der Waals surface area contributed by atoms with Crippen molar-refractivity contribution in [1.82, 2.24) is 0 Å². The summed E-state index contributed by atoms with van der Waals surface area (Å²) in [6.07, 6.45) is 0. The van der Waals surface area contributed by atoms with Crippen LogP contribution in [0.2, 0.25) is 0 Å². The molecule has 318 valence electrons. The fourth-order valence-corrected chi connectivity index (χ4v) is 11.4. The maximum atomic E-state index is 4.20. The van der Waals surface area contributed by atoms with Crippen LogP contribution in [-0.4, -0.2) is 0 Å². The molecule has 0 heterocycles. The standard InChI is InChI=1S/3C20H15P.ClH.Cu/c3*1-4-10-18(11-5-1)16-17-21(19-12-6-2-7-13-19)20-14-8-3-9-15-20;;/h3*1-15H;1H;/q;;;;+1/p-1. The number of hydrogen-bond donors (Lipinski definition) is 0. The van der Waals surface area contributed by atoms with Crippen molar-refractivity contribution in [2.45, 2.75) is 0 Å². The first-order chi connectivity index (χ1) is 32.3. The summed E-state index contributed by atoms with van der Waals surface area (Å²) in [4.78, 5) is 0. The molecule has 9 aromatic carbocycles. The van der Waals surface area contributed by atoms with Gasteiger partial charge in [0.25, 0.3) is 0 Å². The maximum absolute atomic E-state index is 4.20. The molecule has 0 nitrogen and oxygen atoms in total. The van der Waals surface area contributed by atoms with Gasteiger partial charge in [0.15, 0.2) is 0 Å². The van der Waals surface area contributed by atoms with E-state index in [1.165, 1.54) is 31.8 Å². The average Bonchev–Trinajstić information content (AvgIpc) is 3.40. The fourth-order valence-electron chi connectivity index (χ4n) is 6.22. The van der Waals surface area contributed by atoms with Crippen LogP contribution in [-0.2, 0) is 15.1 Å². The first-order valence-corrected chi connectivity index (χ1v) is 26.1. The third kappa shape index (κ3) is 16.4. The Morgan fingerprint density at radius 2 is 0.354 bits per heavy atom. The number of hydrogen-bond acceptors (Lipinski definition) is 0. The van der Waals surface area contributed by atoms with E-state index < -0.39 is 23.8 Å². The topological polar surface area (TPSA) is 0 Å². The Morgan fingerprint density at radius 3 is 0.508 bits per heavy atom. The van der Waals surface area contributed by atoms with Crippen LogP contribution >= 0.6 is 33.9 Å². The summed E-state index contributed by atoms with van der Waals surface area (Å²) in [7, 11) is 2.29. The second-order valence-corrected chi connectivity index (χ2v) is 19.6. The van der Waals surface area contributed by atoms with E-state index >= 15 is 0 Å². The van der Waals surface area contributed by atoms with E-state index in [0.717, 1.165) is 16.7 Å². The van der Waals surface area contributed by atoms with Crippen molar-refractivity contribution < 1.29 is 15.1 Å². The van der Waals surface area contributed by atoms with Crippen LogP contribution in [0.1, 0.15) is 16.7 Å². The molecular weight excluding hydrogens is 913 g/mol. The van der Waals surface area contributed by atoms with Gasteiger partial charge in [-0.15, -0.1) is 0 Å². The van der Waals surface area contributed by atoms with Gasteiger partial charge in [0.1, 0.15) is 0 Å². The molecule has 0 aliphatic rings. The fraction of sp³-hybridized carbons (Fsp3) is 0. The van der Waals surface area contributed by atoms with Crippen LogP contribution in [0.4, 0.5) is 0 Å². The van der Waals surface area contributed by atoms with Gasteiger partial charge in [0.05, 0.1) is 0 Å². The molecule has 0 unspecified atom stereocenters. The van der Waals surface area contributed by atoms with E-state index in [0.29, 0.717) is 0 Å². The minimum atomic E-state index is -0.636. The predicted octanol–water partition coefficient (Wildman–Crippen LogP) is 13.1. The Kier molecular flexibility index (Phi) is 21.2. The molecular formula is C60H45ClCuP3. The SMILES string of the molecule is C(#CP(c1ccccc1)c1ccccc1)c1ccccc1.C(#CP(c1ccccc1)c1ccccc1)c1ccccc1.C(#CP(c1ccccc1)c1ccccc1)c1ccccc1.[Cl][Cu]. The molecule has 0 bridgehead atoms. The van der Waals surface area contributed by atoms with Gasteiger partial charge in [-0.3, -0.25) is 0 Å². The normalized spacial score (nSPS) is 9.75. The van der Waals surface area contributed by atoms with E-state index in [-0.39, 0.29) is 0 Å². The Labute approximate surface area is 402 Å². The van der Waals surface area contributed by atoms with Gasteiger partial charge < -0.3 is 0 Å². The zero-order valence-electron chi connectivity index (χ0n) is 35.5. The molecule has 65 heavy (non-hydrogen) atoms. The summed E-state index contributed by atoms with van der Waals surface area (Å²) >= 11 is 3.66. The Morgan fingerprint density at radius 1 is 0.215 bits per heavy atom. The molecule has 0 aliphatic heterocycles. The predicted molar refractivity (Wildman–Crippen MR) is 283 cm³/mol. The average molecular weight is 958 g/mol. The summed E-state index contributed by atoms with van der Waals surface area (Å²) in [5.41, 5.74) is 13.6. The molecule has 0 saturated carbocycles. The molecule has 0 aliphatic carbocycles. The first kappa shape index (κ1) is 48.2. The van der Waals surface area contributed by atoms with Crippen LogP contribution in [0.5, 0.6) is 0 Å². The van der Waals surface area contributed by atoms with Crippen molar-refractivity contribution in [2.75, 3.05) is 0 Å². The van der Waals surface area contributed by atoms with Crippen LogP contribution in [0.15, 0.2) is 273 Å². The van der Waals surface area contributed by atoms with Gasteiger partial charge in [-0.1, -0.05) is 271 Å². The molecule has 0 amide bonds. The number of rotatable bonds is 6. The van der Waals surface area contributed by atoms with E-state index in [1.54, 1.807) is 0 Å². The zero-order chi connectivity index (χ0) is 45.0. The second-order valence-electron chi connectivity index (χ2n) is 13.8. The van der Waals surface area contributed by atoms with Crippen molar-refractivity contribution >= 4 is 65.7 Å². The van der Waals surface area contributed by atoms with Crippen LogP contribution in [0.25, 0.3) is 0 Å². The van der Waals surface area contributed by atoms with Gasteiger partial charge in [0.2, 0.25) is 0 Å². The molecule has 0 spiro atoms. The van der Waals surface area contributed by atoms with E-state index in [2.05, 4.69) is 242 Å². The third-order valence-electron chi connectivity index (χ3n) is 9.34. The van der Waals surface area contributed by atoms with Crippen LogP contribution in [0, 0.1) is 34.7 Å². The van der Waals surface area contributed by atoms with Gasteiger partial charge in [-0.2, -0.15) is 0 Å². The van der Waals surface area contributed by atoms with Gasteiger partial charge in [0, 0.05) is 40.5 Å². The van der Waals surface area contributed by atoms with Crippen molar-refractivity contribution in [2.24, 2.45) is 0 Å².